The van der Waals surface area contributed by atoms with Crippen LogP contribution in [0.4, 0.5) is 4.79 Å². The zero-order chi connectivity index (χ0) is 36.5. The average Bonchev–Trinajstić information content (AvgIpc) is 3.51. The third-order valence-electron chi connectivity index (χ3n) is 9.00. The average molecular weight is 707 g/mol. The molecule has 274 valence electrons. The largest absolute Gasteiger partial charge is 0.508 e. The van der Waals surface area contributed by atoms with E-state index in [9.17, 15) is 27.6 Å². The molecule has 1 aromatic carbocycles. The van der Waals surface area contributed by atoms with Gasteiger partial charge in [0.1, 0.15) is 18.2 Å². The minimum absolute atomic E-state index is 0.0382. The maximum Gasteiger partial charge on any atom is 0.508 e. The van der Waals surface area contributed by atoms with Crippen molar-refractivity contribution in [1.29, 1.82) is 0 Å². The minimum atomic E-state index is -3.91. The summed E-state index contributed by atoms with van der Waals surface area (Å²) in [5, 5.41) is 1.57. The number of amides is 3. The Kier molecular flexibility index (Phi) is 14.3. The molecular formula is C34H54N6O8S. The molecule has 14 nitrogen and oxygen atoms in total. The lowest BCUT2D eigenvalue weighted by Gasteiger charge is -2.39. The van der Waals surface area contributed by atoms with Crippen molar-refractivity contribution in [3.05, 3.63) is 35.9 Å². The number of hydrogen-bond donors (Lipinski definition) is 2. The van der Waals surface area contributed by atoms with Gasteiger partial charge < -0.3 is 20.1 Å². The van der Waals surface area contributed by atoms with Gasteiger partial charge in [0, 0.05) is 31.3 Å². The highest BCUT2D eigenvalue weighted by Gasteiger charge is 2.42. The molecule has 2 saturated heterocycles. The lowest BCUT2D eigenvalue weighted by Crippen LogP contribution is -2.57. The van der Waals surface area contributed by atoms with Crippen molar-refractivity contribution in [2.75, 3.05) is 32.5 Å². The van der Waals surface area contributed by atoms with Crippen molar-refractivity contribution < 1.29 is 37.1 Å². The molecule has 0 saturated carbocycles. The summed E-state index contributed by atoms with van der Waals surface area (Å²) in [6.07, 6.45) is 3.49. The molecule has 0 radical (unpaired) electrons. The molecule has 2 aliphatic rings. The monoisotopic (exact) mass is 706 g/mol. The van der Waals surface area contributed by atoms with Gasteiger partial charge in [0.2, 0.25) is 21.8 Å². The second-order valence-electron chi connectivity index (χ2n) is 14.4. The fraction of sp³-hybridized carbons (Fsp3) is 0.676. The molecule has 4 N–H and O–H groups in total. The van der Waals surface area contributed by atoms with E-state index in [1.165, 1.54) is 15.4 Å². The number of sulfonamides is 1. The van der Waals surface area contributed by atoms with Gasteiger partial charge in [0.05, 0.1) is 18.9 Å². The fourth-order valence-electron chi connectivity index (χ4n) is 6.43. The predicted molar refractivity (Wildman–Crippen MR) is 185 cm³/mol. The van der Waals surface area contributed by atoms with Crippen LogP contribution in [0.2, 0.25) is 0 Å². The molecule has 0 spiro atoms. The molecular weight excluding hydrogens is 652 g/mol. The smallest absolute Gasteiger partial charge is 0.434 e. The molecule has 15 heteroatoms. The molecule has 1 aromatic rings. The van der Waals surface area contributed by atoms with Crippen LogP contribution in [0, 0.1) is 17.3 Å². The second kappa shape index (κ2) is 17.5. The Balaban J connectivity index is 1.76. The summed E-state index contributed by atoms with van der Waals surface area (Å²) in [6.45, 7) is 9.94. The number of carbonyl (C=O) groups is 4. The molecule has 49 heavy (non-hydrogen) atoms. The zero-order valence-corrected chi connectivity index (χ0v) is 30.4. The third-order valence-corrected chi connectivity index (χ3v) is 10.3. The van der Waals surface area contributed by atoms with Gasteiger partial charge in [-0.1, -0.05) is 58.0 Å². The van der Waals surface area contributed by atoms with Crippen LogP contribution in [-0.2, 0) is 40.3 Å². The van der Waals surface area contributed by atoms with Gasteiger partial charge in [-0.15, -0.1) is 0 Å². The van der Waals surface area contributed by atoms with Crippen molar-refractivity contribution in [1.82, 2.24) is 14.2 Å². The van der Waals surface area contributed by atoms with Gasteiger partial charge in [-0.2, -0.15) is 4.31 Å². The summed E-state index contributed by atoms with van der Waals surface area (Å²) < 4.78 is 38.4. The number of piperidine rings is 1. The van der Waals surface area contributed by atoms with Crippen molar-refractivity contribution in [2.45, 2.75) is 97.4 Å². The van der Waals surface area contributed by atoms with Gasteiger partial charge in [-0.3, -0.25) is 20.2 Å². The van der Waals surface area contributed by atoms with Crippen LogP contribution in [-0.4, -0.2) is 109 Å². The summed E-state index contributed by atoms with van der Waals surface area (Å²) in [6, 6.07) is 6.80. The van der Waals surface area contributed by atoms with E-state index in [2.05, 4.69) is 4.99 Å². The number of likely N-dealkylation sites (tertiary alicyclic amines) is 1. The molecule has 2 heterocycles. The number of ether oxygens (including phenoxy) is 2. The number of nitrogens with zero attached hydrogens (tertiary/aromatic N) is 4. The normalized spacial score (nSPS) is 22.0. The molecule has 3 rings (SSSR count). The Hall–Kier alpha value is -3.40. The van der Waals surface area contributed by atoms with E-state index in [4.69, 9.17) is 21.1 Å². The van der Waals surface area contributed by atoms with Crippen LogP contribution in [0.15, 0.2) is 35.3 Å². The van der Waals surface area contributed by atoms with Crippen molar-refractivity contribution in [3.8, 4) is 0 Å². The van der Waals surface area contributed by atoms with Crippen LogP contribution in [0.5, 0.6) is 0 Å². The van der Waals surface area contributed by atoms with Gasteiger partial charge in [0.15, 0.2) is 0 Å². The number of nitrogens with two attached hydrogens (primary N) is 2. The summed E-state index contributed by atoms with van der Waals surface area (Å²) in [5.74, 6) is 4.76. The Bertz CT molecular complexity index is 1440. The molecule has 2 fully saturated rings. The van der Waals surface area contributed by atoms with Gasteiger partial charge >= 0.3 is 6.16 Å². The van der Waals surface area contributed by atoms with Crippen LogP contribution >= 0.6 is 0 Å². The van der Waals surface area contributed by atoms with E-state index in [0.29, 0.717) is 38.8 Å². The van der Waals surface area contributed by atoms with E-state index in [1.807, 2.05) is 44.2 Å². The first-order valence-corrected chi connectivity index (χ1v) is 18.8. The molecule has 2 aliphatic heterocycles. The van der Waals surface area contributed by atoms with Crippen LogP contribution < -0.4 is 11.6 Å². The molecule has 0 bridgehead atoms. The van der Waals surface area contributed by atoms with Crippen LogP contribution in [0.3, 0.4) is 0 Å². The van der Waals surface area contributed by atoms with Crippen LogP contribution in [0.1, 0.15) is 72.3 Å². The Labute approximate surface area is 290 Å². The first-order chi connectivity index (χ1) is 22.9. The standard InChI is InChI=1S/C34H54N6O8S/c1-23(2)22-47-33(44)48-24(3)19-34(4,5)32(43)37-20-27-17-26(14-16-39(27)36)21-40(49(6,45)46)29(18-25-11-8-7-9-12-25)31(42)38-15-10-13-28(38)30(35)41/h7-9,11-12,20,23-24,26-29H,10,13-19,21-22,36H2,1-6H3,(H2,35,41)/t24?,26?,27?,28-,29+/m0/s1. The van der Waals surface area contributed by atoms with E-state index >= 15 is 0 Å². The zero-order valence-electron chi connectivity index (χ0n) is 29.6. The minimum Gasteiger partial charge on any atom is -0.434 e. The summed E-state index contributed by atoms with van der Waals surface area (Å²) in [7, 11) is -3.91. The number of carbonyl (C=O) groups excluding carboxylic acids is 4. The summed E-state index contributed by atoms with van der Waals surface area (Å²) in [5.41, 5.74) is 5.43. The first-order valence-electron chi connectivity index (χ1n) is 16.9. The summed E-state index contributed by atoms with van der Waals surface area (Å²) >= 11 is 0. The second-order valence-corrected chi connectivity index (χ2v) is 16.3. The lowest BCUT2D eigenvalue weighted by atomic mass is 9.86. The Morgan fingerprint density at radius 3 is 2.39 bits per heavy atom. The number of primary amides is 1. The molecule has 5 atom stereocenters. The number of hydrogen-bond acceptors (Lipinski definition) is 10. The highest BCUT2D eigenvalue weighted by Crippen LogP contribution is 2.29. The predicted octanol–water partition coefficient (Wildman–Crippen LogP) is 2.50. The van der Waals surface area contributed by atoms with E-state index in [-0.39, 0.29) is 37.8 Å². The van der Waals surface area contributed by atoms with Gasteiger partial charge in [-0.05, 0) is 62.8 Å². The maximum atomic E-state index is 14.1. The highest BCUT2D eigenvalue weighted by molar-refractivity contribution is 7.88. The molecule has 3 unspecified atom stereocenters. The third kappa shape index (κ3) is 11.9. The molecule has 0 aromatic heterocycles. The number of aliphatic imine (C=N–C) groups is 1. The van der Waals surface area contributed by atoms with Crippen molar-refractivity contribution in [3.63, 3.8) is 0 Å². The molecule has 3 amide bonds. The summed E-state index contributed by atoms with van der Waals surface area (Å²) in [4.78, 5) is 57.0. The van der Waals surface area contributed by atoms with Crippen molar-refractivity contribution in [2.24, 2.45) is 33.8 Å². The Morgan fingerprint density at radius 1 is 1.10 bits per heavy atom. The van der Waals surface area contributed by atoms with E-state index < -0.39 is 63.5 Å². The highest BCUT2D eigenvalue weighted by atomic mass is 32.2. The van der Waals surface area contributed by atoms with E-state index in [0.717, 1.165) is 11.8 Å². The van der Waals surface area contributed by atoms with Gasteiger partial charge in [0.25, 0.3) is 5.91 Å². The van der Waals surface area contributed by atoms with Crippen LogP contribution in [0.25, 0.3) is 0 Å². The maximum absolute atomic E-state index is 14.1. The fourth-order valence-corrected chi connectivity index (χ4v) is 7.54. The van der Waals surface area contributed by atoms with E-state index in [1.54, 1.807) is 25.8 Å². The van der Waals surface area contributed by atoms with Crippen molar-refractivity contribution >= 4 is 40.1 Å². The Morgan fingerprint density at radius 2 is 1.78 bits per heavy atom. The number of benzene rings is 1. The van der Waals surface area contributed by atoms with Gasteiger partial charge in [-0.25, -0.2) is 23.2 Å². The number of rotatable bonds is 15. The molecule has 0 aliphatic carbocycles. The number of hydrazine groups is 1. The SMILES string of the molecule is CC(C)COC(=O)OC(C)CC(C)(C)C(=O)N=CC1CC(CN([C@H](Cc2ccccc2)C(=O)N2CCC[C@H]2C(N)=O)S(C)(=O)=O)CCN1N. The quantitative estimate of drug-likeness (QED) is 0.155. The topological polar surface area (TPSA) is 195 Å². The lowest BCUT2D eigenvalue weighted by molar-refractivity contribution is -0.140. The first kappa shape index (κ1) is 40.0.